The summed E-state index contributed by atoms with van der Waals surface area (Å²) in [4.78, 5) is 9.24. The Balaban J connectivity index is 1.44. The Bertz CT molecular complexity index is 809. The third kappa shape index (κ3) is 8.78. The predicted octanol–water partition coefficient (Wildman–Crippen LogP) is 9.82. The molecule has 1 fully saturated rings. The maximum Gasteiger partial charge on any atom is 0.159 e. The van der Waals surface area contributed by atoms with Crippen LogP contribution in [0.2, 0.25) is 0 Å². The molecule has 0 unspecified atom stereocenters. The molecule has 0 amide bonds. The third-order valence-corrected chi connectivity index (χ3v) is 7.82. The lowest BCUT2D eigenvalue weighted by Gasteiger charge is -2.28. The summed E-state index contributed by atoms with van der Waals surface area (Å²) >= 11 is 0. The van der Waals surface area contributed by atoms with Gasteiger partial charge < -0.3 is 0 Å². The van der Waals surface area contributed by atoms with Gasteiger partial charge in [0.25, 0.3) is 0 Å². The molecule has 0 radical (unpaired) electrons. The van der Waals surface area contributed by atoms with E-state index in [2.05, 4.69) is 23.8 Å². The fourth-order valence-corrected chi connectivity index (χ4v) is 5.50. The highest BCUT2D eigenvalue weighted by Gasteiger charge is 2.22. The van der Waals surface area contributed by atoms with Crippen molar-refractivity contribution in [3.05, 3.63) is 47.5 Å². The Labute approximate surface area is 208 Å². The summed E-state index contributed by atoms with van der Waals surface area (Å²) in [6, 6.07) is 5.53. The van der Waals surface area contributed by atoms with Crippen molar-refractivity contribution in [3.63, 3.8) is 0 Å². The second-order valence-electron chi connectivity index (χ2n) is 10.6. The first-order valence-corrected chi connectivity index (χ1v) is 14.3. The number of benzene rings is 1. The number of hydrogen-bond donors (Lipinski definition) is 0. The lowest BCUT2D eigenvalue weighted by molar-refractivity contribution is 0.301. The van der Waals surface area contributed by atoms with Gasteiger partial charge in [-0.3, -0.25) is 0 Å². The molecular weight excluding hydrogens is 419 g/mol. The highest BCUT2D eigenvalue weighted by Crippen LogP contribution is 2.37. The van der Waals surface area contributed by atoms with Crippen LogP contribution in [0, 0.1) is 11.7 Å². The summed E-state index contributed by atoms with van der Waals surface area (Å²) < 4.78 is 14.7. The van der Waals surface area contributed by atoms with E-state index in [1.165, 1.54) is 102 Å². The standard InChI is InChI=1S/C31H47FN2/c1-3-5-7-9-11-13-15-27-20-21-28(22-30(27)32)31-33-23-29(24-34-31)26-18-16-25(17-19-26)14-12-10-8-6-4-2/h20-26H,3-19H2,1-2H3. The molecule has 0 N–H and O–H groups in total. The van der Waals surface area contributed by atoms with Gasteiger partial charge in [-0.2, -0.15) is 0 Å². The van der Waals surface area contributed by atoms with E-state index in [4.69, 9.17) is 0 Å². The Hall–Kier alpha value is -1.77. The van der Waals surface area contributed by atoms with Gasteiger partial charge in [0.15, 0.2) is 5.82 Å². The van der Waals surface area contributed by atoms with Gasteiger partial charge in [-0.15, -0.1) is 0 Å². The molecule has 1 aromatic carbocycles. The third-order valence-electron chi connectivity index (χ3n) is 7.82. The molecule has 1 saturated carbocycles. The first-order chi connectivity index (χ1) is 16.7. The fourth-order valence-electron chi connectivity index (χ4n) is 5.50. The SMILES string of the molecule is CCCCCCCCc1ccc(-c2ncc(C3CCC(CCCCCCC)CC3)cn2)cc1F. The molecule has 0 spiro atoms. The van der Waals surface area contributed by atoms with Crippen molar-refractivity contribution in [2.75, 3.05) is 0 Å². The van der Waals surface area contributed by atoms with E-state index in [-0.39, 0.29) is 5.82 Å². The Morgan fingerprint density at radius 3 is 2.03 bits per heavy atom. The van der Waals surface area contributed by atoms with E-state index in [9.17, 15) is 4.39 Å². The minimum Gasteiger partial charge on any atom is -0.236 e. The topological polar surface area (TPSA) is 25.8 Å². The van der Waals surface area contributed by atoms with Crippen molar-refractivity contribution < 1.29 is 4.39 Å². The summed E-state index contributed by atoms with van der Waals surface area (Å²) in [5, 5.41) is 0. The summed E-state index contributed by atoms with van der Waals surface area (Å²) in [5.41, 5.74) is 2.85. The average Bonchev–Trinajstić information content (AvgIpc) is 2.87. The molecule has 1 heterocycles. The molecule has 2 aromatic rings. The number of nitrogens with zero attached hydrogens (tertiary/aromatic N) is 2. The number of halogens is 1. The monoisotopic (exact) mass is 466 g/mol. The van der Waals surface area contributed by atoms with Gasteiger partial charge in [0, 0.05) is 18.0 Å². The number of unbranched alkanes of at least 4 members (excludes halogenated alkanes) is 9. The minimum absolute atomic E-state index is 0.119. The molecule has 188 valence electrons. The molecule has 0 aliphatic heterocycles. The zero-order valence-electron chi connectivity index (χ0n) is 21.8. The van der Waals surface area contributed by atoms with E-state index >= 15 is 0 Å². The quantitative estimate of drug-likeness (QED) is 0.244. The lowest BCUT2D eigenvalue weighted by Crippen LogP contribution is -2.14. The minimum atomic E-state index is -0.119. The van der Waals surface area contributed by atoms with E-state index in [1.54, 1.807) is 6.07 Å². The zero-order chi connectivity index (χ0) is 24.0. The van der Waals surface area contributed by atoms with Gasteiger partial charge in [-0.1, -0.05) is 96.6 Å². The highest BCUT2D eigenvalue weighted by atomic mass is 19.1. The lowest BCUT2D eigenvalue weighted by atomic mass is 9.77. The van der Waals surface area contributed by atoms with Crippen LogP contribution in [-0.2, 0) is 6.42 Å². The molecule has 2 nitrogen and oxygen atoms in total. The smallest absolute Gasteiger partial charge is 0.159 e. The molecule has 3 heteroatoms. The maximum atomic E-state index is 14.7. The van der Waals surface area contributed by atoms with Crippen molar-refractivity contribution in [1.29, 1.82) is 0 Å². The van der Waals surface area contributed by atoms with Gasteiger partial charge >= 0.3 is 0 Å². The molecule has 34 heavy (non-hydrogen) atoms. The number of hydrogen-bond acceptors (Lipinski definition) is 2. The van der Waals surface area contributed by atoms with Crippen molar-refractivity contribution in [2.45, 2.75) is 129 Å². The van der Waals surface area contributed by atoms with Crippen LogP contribution in [-0.4, -0.2) is 9.97 Å². The molecule has 0 saturated heterocycles. The fraction of sp³-hybridized carbons (Fsp3) is 0.677. The van der Waals surface area contributed by atoms with Crippen molar-refractivity contribution in [3.8, 4) is 11.4 Å². The molecule has 3 rings (SSSR count). The van der Waals surface area contributed by atoms with Gasteiger partial charge in [0.1, 0.15) is 5.82 Å². The summed E-state index contributed by atoms with van der Waals surface area (Å²) in [7, 11) is 0. The van der Waals surface area contributed by atoms with Crippen LogP contribution >= 0.6 is 0 Å². The largest absolute Gasteiger partial charge is 0.236 e. The Morgan fingerprint density at radius 2 is 1.38 bits per heavy atom. The zero-order valence-corrected chi connectivity index (χ0v) is 21.8. The molecule has 1 aliphatic rings. The van der Waals surface area contributed by atoms with Crippen LogP contribution in [0.1, 0.15) is 134 Å². The normalized spacial score (nSPS) is 18.3. The Kier molecular flexibility index (Phi) is 12.1. The second-order valence-corrected chi connectivity index (χ2v) is 10.6. The first-order valence-electron chi connectivity index (χ1n) is 14.3. The molecular formula is C31H47FN2. The van der Waals surface area contributed by atoms with Gasteiger partial charge in [0.05, 0.1) is 0 Å². The molecule has 1 aliphatic carbocycles. The van der Waals surface area contributed by atoms with E-state index < -0.39 is 0 Å². The van der Waals surface area contributed by atoms with E-state index in [0.717, 1.165) is 29.9 Å². The van der Waals surface area contributed by atoms with E-state index in [0.29, 0.717) is 11.7 Å². The van der Waals surface area contributed by atoms with Crippen molar-refractivity contribution in [2.24, 2.45) is 5.92 Å². The number of aryl methyl sites for hydroxylation is 1. The van der Waals surface area contributed by atoms with Crippen molar-refractivity contribution in [1.82, 2.24) is 9.97 Å². The van der Waals surface area contributed by atoms with Gasteiger partial charge in [-0.05, 0) is 67.6 Å². The summed E-state index contributed by atoms with van der Waals surface area (Å²) in [6.45, 7) is 4.51. The summed E-state index contributed by atoms with van der Waals surface area (Å²) in [5.74, 6) is 2.01. The van der Waals surface area contributed by atoms with Crippen LogP contribution in [0.5, 0.6) is 0 Å². The van der Waals surface area contributed by atoms with Crippen molar-refractivity contribution >= 4 is 0 Å². The molecule has 1 aromatic heterocycles. The second kappa shape index (κ2) is 15.3. The molecule has 0 bridgehead atoms. The average molecular weight is 467 g/mol. The summed E-state index contributed by atoms with van der Waals surface area (Å²) in [6.07, 6.45) is 25.7. The van der Waals surface area contributed by atoms with Crippen LogP contribution < -0.4 is 0 Å². The van der Waals surface area contributed by atoms with Gasteiger partial charge in [-0.25, -0.2) is 14.4 Å². The number of aromatic nitrogens is 2. The van der Waals surface area contributed by atoms with E-state index in [1.807, 2.05) is 24.5 Å². The van der Waals surface area contributed by atoms with Crippen LogP contribution in [0.3, 0.4) is 0 Å². The predicted molar refractivity (Wildman–Crippen MR) is 143 cm³/mol. The van der Waals surface area contributed by atoms with Crippen LogP contribution in [0.4, 0.5) is 4.39 Å². The number of rotatable bonds is 15. The Morgan fingerprint density at radius 1 is 0.765 bits per heavy atom. The van der Waals surface area contributed by atoms with Crippen LogP contribution in [0.25, 0.3) is 11.4 Å². The van der Waals surface area contributed by atoms with Crippen LogP contribution in [0.15, 0.2) is 30.6 Å². The first kappa shape index (κ1) is 26.8. The highest BCUT2D eigenvalue weighted by molar-refractivity contribution is 5.55. The molecule has 0 atom stereocenters. The maximum absolute atomic E-state index is 14.7. The van der Waals surface area contributed by atoms with Gasteiger partial charge in [0.2, 0.25) is 0 Å².